The van der Waals surface area contributed by atoms with Crippen LogP contribution in [-0.2, 0) is 0 Å². The van der Waals surface area contributed by atoms with Gasteiger partial charge in [0.1, 0.15) is 11.8 Å². The Kier molecular flexibility index (Phi) is 6.38. The molecular weight excluding hydrogens is 410 g/mol. The summed E-state index contributed by atoms with van der Waals surface area (Å²) >= 11 is 10.8. The van der Waals surface area contributed by atoms with E-state index in [-0.39, 0.29) is 16.5 Å². The van der Waals surface area contributed by atoms with E-state index in [1.807, 2.05) is 30.3 Å². The van der Waals surface area contributed by atoms with Crippen molar-refractivity contribution in [3.8, 4) is 0 Å². The molecule has 1 aromatic heterocycles. The van der Waals surface area contributed by atoms with E-state index in [1.54, 1.807) is 31.2 Å². The van der Waals surface area contributed by atoms with E-state index in [4.69, 9.17) is 29.6 Å². The molecule has 5 N–H and O–H groups in total. The molecule has 0 saturated heterocycles. The molecule has 9 heteroatoms. The van der Waals surface area contributed by atoms with Crippen LogP contribution in [0, 0.1) is 0 Å². The number of thiocarbonyl (C=S) groups is 1. The van der Waals surface area contributed by atoms with Crippen molar-refractivity contribution in [3.05, 3.63) is 80.7 Å². The normalized spacial score (nSPS) is 13.3. The molecule has 0 aliphatic rings. The fourth-order valence-electron chi connectivity index (χ4n) is 2.70. The van der Waals surface area contributed by atoms with Crippen LogP contribution >= 0.6 is 23.8 Å². The van der Waals surface area contributed by atoms with Gasteiger partial charge in [-0.3, -0.25) is 10.2 Å². The smallest absolute Gasteiger partial charge is 0.276 e. The zero-order chi connectivity index (χ0) is 21.0. The maximum atomic E-state index is 12.7. The molecule has 0 fully saturated rings. The van der Waals surface area contributed by atoms with Crippen LogP contribution in [-0.4, -0.2) is 32.0 Å². The zero-order valence-electron chi connectivity index (χ0n) is 15.4. The van der Waals surface area contributed by atoms with E-state index in [0.29, 0.717) is 21.6 Å². The highest BCUT2D eigenvalue weighted by molar-refractivity contribution is 7.80. The minimum atomic E-state index is -1.23. The summed E-state index contributed by atoms with van der Waals surface area (Å²) in [5, 5.41) is 15.3. The monoisotopic (exact) mass is 427 g/mol. The summed E-state index contributed by atoms with van der Waals surface area (Å²) < 4.78 is 0. The van der Waals surface area contributed by atoms with E-state index >= 15 is 0 Å². The van der Waals surface area contributed by atoms with Gasteiger partial charge in [0.25, 0.3) is 5.56 Å². The van der Waals surface area contributed by atoms with Gasteiger partial charge in [0.05, 0.1) is 11.0 Å². The molecule has 1 atom stereocenters. The molecular formula is C20H18ClN5O2S. The van der Waals surface area contributed by atoms with Crippen molar-refractivity contribution in [2.75, 3.05) is 0 Å². The largest absolute Gasteiger partial charge is 0.382 e. The van der Waals surface area contributed by atoms with E-state index in [1.165, 1.54) is 0 Å². The molecule has 0 spiro atoms. The van der Waals surface area contributed by atoms with Crippen molar-refractivity contribution in [2.45, 2.75) is 13.0 Å². The van der Waals surface area contributed by atoms with Crippen LogP contribution < -0.4 is 16.7 Å². The van der Waals surface area contributed by atoms with Gasteiger partial charge < -0.3 is 15.8 Å². The lowest BCUT2D eigenvalue weighted by Gasteiger charge is -2.15. The molecule has 0 aliphatic carbocycles. The molecule has 0 saturated carbocycles. The lowest BCUT2D eigenvalue weighted by atomic mass is 10.0. The van der Waals surface area contributed by atoms with Crippen LogP contribution in [0.2, 0.25) is 5.02 Å². The van der Waals surface area contributed by atoms with Gasteiger partial charge in [-0.15, -0.1) is 0 Å². The third-order valence-corrected chi connectivity index (χ3v) is 4.39. The fourth-order valence-corrected chi connectivity index (χ4v) is 2.92. The minimum Gasteiger partial charge on any atom is -0.382 e. The number of nitrogens with two attached hydrogens (primary N) is 1. The summed E-state index contributed by atoms with van der Waals surface area (Å²) in [7, 11) is 0. The van der Waals surface area contributed by atoms with Crippen LogP contribution in [0.5, 0.6) is 0 Å². The number of fused-ring (bicyclic) bond motifs is 1. The third-order valence-electron chi connectivity index (χ3n) is 4.07. The van der Waals surface area contributed by atoms with Gasteiger partial charge in [0, 0.05) is 5.02 Å². The van der Waals surface area contributed by atoms with E-state index < -0.39 is 11.7 Å². The number of hydrazone groups is 1. The predicted octanol–water partition coefficient (Wildman–Crippen LogP) is 2.58. The molecule has 3 rings (SSSR count). The van der Waals surface area contributed by atoms with Gasteiger partial charge in [-0.25, -0.2) is 4.98 Å². The van der Waals surface area contributed by atoms with Crippen LogP contribution in [0.1, 0.15) is 18.2 Å². The Labute approximate surface area is 176 Å². The number of aliphatic hydroxyl groups excluding tert-OH is 1. The zero-order valence-corrected chi connectivity index (χ0v) is 17.0. The molecule has 3 aromatic rings. The van der Waals surface area contributed by atoms with E-state index in [2.05, 4.69) is 20.5 Å². The lowest BCUT2D eigenvalue weighted by molar-refractivity contribution is 0.277. The first-order chi connectivity index (χ1) is 13.8. The van der Waals surface area contributed by atoms with Crippen molar-refractivity contribution in [1.82, 2.24) is 15.4 Å². The Morgan fingerprint density at radius 3 is 2.76 bits per heavy atom. The standard InChI is InChI=1S/C20H18ClN5O2S/c1-11(9-12-5-3-2-4-6-12)18(27)16(25-26-20(22)29)17-19(28)24-15-10-13(21)7-8-14(15)23-17/h2-10,18,27H,1H3,(H,24,28)(H3,22,26,29)/b11-9+,25-16+/t18-/m1/s1. The predicted molar refractivity (Wildman–Crippen MR) is 120 cm³/mol. The average molecular weight is 428 g/mol. The highest BCUT2D eigenvalue weighted by Gasteiger charge is 2.22. The number of H-pyrrole nitrogens is 1. The number of hydrogen-bond donors (Lipinski definition) is 4. The van der Waals surface area contributed by atoms with Crippen molar-refractivity contribution in [3.63, 3.8) is 0 Å². The second-order valence-corrected chi connectivity index (χ2v) is 7.13. The lowest BCUT2D eigenvalue weighted by Crippen LogP contribution is -2.34. The molecule has 1 heterocycles. The number of aromatic amines is 1. The minimum absolute atomic E-state index is 0.0134. The Morgan fingerprint density at radius 1 is 1.34 bits per heavy atom. The number of aliphatic hydroxyl groups is 1. The van der Waals surface area contributed by atoms with Gasteiger partial charge in [-0.2, -0.15) is 5.10 Å². The topological polar surface area (TPSA) is 116 Å². The summed E-state index contributed by atoms with van der Waals surface area (Å²) in [6, 6.07) is 14.4. The molecule has 29 heavy (non-hydrogen) atoms. The highest BCUT2D eigenvalue weighted by Crippen LogP contribution is 2.17. The van der Waals surface area contributed by atoms with Gasteiger partial charge in [-0.05, 0) is 48.5 Å². The molecule has 0 bridgehead atoms. The number of halogens is 1. The molecule has 7 nitrogen and oxygen atoms in total. The van der Waals surface area contributed by atoms with Crippen molar-refractivity contribution >= 4 is 51.8 Å². The van der Waals surface area contributed by atoms with Gasteiger partial charge >= 0.3 is 0 Å². The number of benzene rings is 2. The van der Waals surface area contributed by atoms with E-state index in [0.717, 1.165) is 5.56 Å². The summed E-state index contributed by atoms with van der Waals surface area (Å²) in [4.78, 5) is 19.7. The van der Waals surface area contributed by atoms with Crippen molar-refractivity contribution in [2.24, 2.45) is 10.8 Å². The number of aromatic nitrogens is 2. The Hall–Kier alpha value is -3.07. The van der Waals surface area contributed by atoms with Crippen LogP contribution in [0.4, 0.5) is 0 Å². The summed E-state index contributed by atoms with van der Waals surface area (Å²) in [5.41, 5.74) is 9.68. The number of nitrogens with one attached hydrogen (secondary N) is 2. The van der Waals surface area contributed by atoms with Gasteiger partial charge in [0.15, 0.2) is 10.8 Å². The first-order valence-electron chi connectivity index (χ1n) is 8.59. The second-order valence-electron chi connectivity index (χ2n) is 6.25. The van der Waals surface area contributed by atoms with Gasteiger partial charge in [-0.1, -0.05) is 48.0 Å². The molecule has 0 unspecified atom stereocenters. The maximum Gasteiger partial charge on any atom is 0.276 e. The molecule has 2 aromatic carbocycles. The summed E-state index contributed by atoms with van der Waals surface area (Å²) in [6.07, 6.45) is 0.561. The molecule has 0 aliphatic heterocycles. The van der Waals surface area contributed by atoms with Crippen molar-refractivity contribution < 1.29 is 5.11 Å². The third kappa shape index (κ3) is 5.05. The number of rotatable bonds is 5. The Balaban J connectivity index is 2.09. The molecule has 0 amide bonds. The second kappa shape index (κ2) is 8.95. The van der Waals surface area contributed by atoms with Crippen LogP contribution in [0.15, 0.2) is 64.0 Å². The summed E-state index contributed by atoms with van der Waals surface area (Å²) in [6.45, 7) is 1.73. The quantitative estimate of drug-likeness (QED) is 0.282. The first-order valence-corrected chi connectivity index (χ1v) is 9.38. The first kappa shape index (κ1) is 20.7. The van der Waals surface area contributed by atoms with E-state index in [9.17, 15) is 9.90 Å². The van der Waals surface area contributed by atoms with Gasteiger partial charge in [0.2, 0.25) is 0 Å². The Bertz CT molecular complexity index is 1170. The average Bonchev–Trinajstić information content (AvgIpc) is 2.68. The SMILES string of the molecule is C/C(=C\c1ccccc1)[C@@H](O)/C(=N/NC(N)=S)c1nc2ccc(Cl)cc2[nH]c1=O. The fraction of sp³-hybridized carbons (Fsp3) is 0.100. The van der Waals surface area contributed by atoms with Crippen LogP contribution in [0.25, 0.3) is 17.1 Å². The maximum absolute atomic E-state index is 12.7. The molecule has 0 radical (unpaired) electrons. The number of hydrogen-bond acceptors (Lipinski definition) is 5. The van der Waals surface area contributed by atoms with Crippen LogP contribution in [0.3, 0.4) is 0 Å². The Morgan fingerprint density at radius 2 is 2.07 bits per heavy atom. The number of nitrogens with zero attached hydrogens (tertiary/aromatic N) is 2. The van der Waals surface area contributed by atoms with Crippen molar-refractivity contribution in [1.29, 1.82) is 0 Å². The highest BCUT2D eigenvalue weighted by atomic mass is 35.5. The summed E-state index contributed by atoms with van der Waals surface area (Å²) in [5.74, 6) is 0. The molecule has 148 valence electrons.